The van der Waals surface area contributed by atoms with Crippen LogP contribution in [0.3, 0.4) is 0 Å². The molecule has 40 heavy (non-hydrogen) atoms. The van der Waals surface area contributed by atoms with E-state index < -0.39 is 13.7 Å². The van der Waals surface area contributed by atoms with E-state index in [-0.39, 0.29) is 11.6 Å². The summed E-state index contributed by atoms with van der Waals surface area (Å²) < 4.78 is 14.1. The first-order valence-electron chi connectivity index (χ1n) is 14.5. The van der Waals surface area contributed by atoms with E-state index in [0.29, 0.717) is 6.73 Å². The number of aromatic nitrogens is 4. The number of hydrogen-bond acceptors (Lipinski definition) is 7. The van der Waals surface area contributed by atoms with Gasteiger partial charge in [-0.05, 0) is 58.6 Å². The van der Waals surface area contributed by atoms with Gasteiger partial charge in [0.05, 0.1) is 16.6 Å². The highest BCUT2D eigenvalue weighted by Gasteiger charge is 2.48. The van der Waals surface area contributed by atoms with Crippen molar-refractivity contribution in [3.8, 4) is 11.1 Å². The Morgan fingerprint density at radius 1 is 1.10 bits per heavy atom. The molecule has 1 amide bonds. The normalized spacial score (nSPS) is 20.1. The van der Waals surface area contributed by atoms with Gasteiger partial charge in [0.25, 0.3) is 0 Å². The number of ether oxygens (including phenoxy) is 2. The molecule has 0 bridgehead atoms. The molecule has 2 aliphatic rings. The predicted octanol–water partition coefficient (Wildman–Crippen LogP) is 6.18. The molecule has 1 atom stereocenters. The van der Waals surface area contributed by atoms with Crippen molar-refractivity contribution in [3.05, 3.63) is 37.2 Å². The third-order valence-electron chi connectivity index (χ3n) is 7.94. The molecular weight excluding hydrogens is 520 g/mol. The lowest BCUT2D eigenvalue weighted by Crippen LogP contribution is -2.58. The largest absolute Gasteiger partial charge is 0.444 e. The Hall–Kier alpha value is -2.98. The highest BCUT2D eigenvalue weighted by Crippen LogP contribution is 2.42. The van der Waals surface area contributed by atoms with Crippen LogP contribution in [0.25, 0.3) is 22.2 Å². The van der Waals surface area contributed by atoms with E-state index in [0.717, 1.165) is 85.8 Å². The van der Waals surface area contributed by atoms with E-state index in [1.165, 1.54) is 0 Å². The van der Waals surface area contributed by atoms with Crippen molar-refractivity contribution in [2.45, 2.75) is 90.0 Å². The molecule has 0 aromatic carbocycles. The van der Waals surface area contributed by atoms with Crippen molar-refractivity contribution >= 4 is 30.9 Å². The fraction of sp³-hybridized carbons (Fsp3) is 0.600. The van der Waals surface area contributed by atoms with Crippen LogP contribution in [0.2, 0.25) is 25.7 Å². The highest BCUT2D eigenvalue weighted by atomic mass is 28.3. The number of nitrogens with zero attached hydrogens (tertiary/aromatic N) is 6. The van der Waals surface area contributed by atoms with Gasteiger partial charge in [0.2, 0.25) is 0 Å². The third kappa shape index (κ3) is 6.17. The van der Waals surface area contributed by atoms with Crippen LogP contribution in [0, 0.1) is 0 Å². The number of rotatable bonds is 7. The van der Waals surface area contributed by atoms with Gasteiger partial charge < -0.3 is 23.8 Å². The lowest BCUT2D eigenvalue weighted by Gasteiger charge is -2.46. The van der Waals surface area contributed by atoms with Crippen LogP contribution in [0.5, 0.6) is 0 Å². The van der Waals surface area contributed by atoms with Crippen LogP contribution in [0.4, 0.5) is 10.5 Å². The van der Waals surface area contributed by atoms with Gasteiger partial charge in [0.1, 0.15) is 24.3 Å². The van der Waals surface area contributed by atoms with Crippen molar-refractivity contribution in [1.29, 1.82) is 0 Å². The Morgan fingerprint density at radius 2 is 1.82 bits per heavy atom. The zero-order chi connectivity index (χ0) is 28.5. The summed E-state index contributed by atoms with van der Waals surface area (Å²) in [5, 5.41) is 1.07. The minimum Gasteiger partial charge on any atom is -0.444 e. The number of fused-ring (bicyclic) bond motifs is 1. The van der Waals surface area contributed by atoms with Crippen LogP contribution >= 0.6 is 0 Å². The number of amides is 1. The van der Waals surface area contributed by atoms with E-state index >= 15 is 0 Å². The van der Waals surface area contributed by atoms with E-state index in [9.17, 15) is 4.79 Å². The summed E-state index contributed by atoms with van der Waals surface area (Å²) in [5.41, 5.74) is 3.26. The number of carbonyl (C=O) groups is 1. The standard InChI is InChI=1S/C30H44N6O3Si/c1-29(2,3)39-28(37)36-14-8-11-30(36)10-7-13-34(20-30)25-9-12-33-27-26(25)24(23-17-31-21-32-18-23)19-35(27)22-38-15-16-40(4,5)6/h9,12,17-19,21H,7-8,10-11,13-16,20,22H2,1-6H3. The first kappa shape index (κ1) is 28.5. The van der Waals surface area contributed by atoms with Crippen LogP contribution in [0.15, 0.2) is 37.2 Å². The Labute approximate surface area is 238 Å². The van der Waals surface area contributed by atoms with Gasteiger partial charge in [-0.3, -0.25) is 0 Å². The minimum absolute atomic E-state index is 0.199. The van der Waals surface area contributed by atoms with Crippen molar-refractivity contribution in [2.24, 2.45) is 0 Å². The molecule has 1 unspecified atom stereocenters. The molecule has 2 fully saturated rings. The molecule has 5 rings (SSSR count). The first-order chi connectivity index (χ1) is 19.0. The van der Waals surface area contributed by atoms with Crippen LogP contribution in [-0.4, -0.2) is 76.0 Å². The summed E-state index contributed by atoms with van der Waals surface area (Å²) in [4.78, 5) is 31.1. The molecule has 1 spiro atoms. The maximum Gasteiger partial charge on any atom is 0.410 e. The number of piperidine rings is 1. The molecule has 0 radical (unpaired) electrons. The summed E-state index contributed by atoms with van der Waals surface area (Å²) in [6.45, 7) is 16.5. The zero-order valence-corrected chi connectivity index (χ0v) is 25.9. The van der Waals surface area contributed by atoms with Gasteiger partial charge in [-0.25, -0.2) is 19.7 Å². The molecule has 9 nitrogen and oxygen atoms in total. The lowest BCUT2D eigenvalue weighted by molar-refractivity contribution is 0.00523. The number of carbonyl (C=O) groups excluding carboxylic acids is 1. The molecule has 3 aromatic rings. The first-order valence-corrected chi connectivity index (χ1v) is 18.2. The Bertz CT molecular complexity index is 1330. The third-order valence-corrected chi connectivity index (χ3v) is 9.64. The number of likely N-dealkylation sites (tertiary alicyclic amines) is 1. The van der Waals surface area contributed by atoms with Gasteiger partial charge in [-0.2, -0.15) is 0 Å². The van der Waals surface area contributed by atoms with Crippen molar-refractivity contribution < 1.29 is 14.3 Å². The van der Waals surface area contributed by atoms with Crippen molar-refractivity contribution in [2.75, 3.05) is 31.1 Å². The molecule has 5 heterocycles. The lowest BCUT2D eigenvalue weighted by atomic mass is 9.86. The second kappa shape index (κ2) is 11.1. The van der Waals surface area contributed by atoms with Crippen LogP contribution in [-0.2, 0) is 16.2 Å². The summed E-state index contributed by atoms with van der Waals surface area (Å²) >= 11 is 0. The number of pyridine rings is 1. The summed E-state index contributed by atoms with van der Waals surface area (Å²) in [7, 11) is -1.18. The predicted molar refractivity (Wildman–Crippen MR) is 161 cm³/mol. The summed E-state index contributed by atoms with van der Waals surface area (Å²) in [6.07, 6.45) is 13.1. The number of anilines is 1. The molecule has 216 valence electrons. The van der Waals surface area contributed by atoms with Gasteiger partial charge >= 0.3 is 6.09 Å². The molecule has 0 aliphatic carbocycles. The van der Waals surface area contributed by atoms with Crippen LogP contribution in [0.1, 0.15) is 46.5 Å². The van der Waals surface area contributed by atoms with Crippen LogP contribution < -0.4 is 4.90 Å². The molecule has 0 N–H and O–H groups in total. The highest BCUT2D eigenvalue weighted by molar-refractivity contribution is 6.76. The second-order valence-corrected chi connectivity index (χ2v) is 19.1. The SMILES string of the molecule is CC(C)(C)OC(=O)N1CCCC12CCCN(c1ccnc3c1c(-c1cncnc1)cn3COCC[Si](C)(C)C)C2. The minimum atomic E-state index is -1.18. The summed E-state index contributed by atoms with van der Waals surface area (Å²) in [6, 6.07) is 3.23. The average Bonchev–Trinajstić information content (AvgIpc) is 3.47. The van der Waals surface area contributed by atoms with Gasteiger partial charge in [0.15, 0.2) is 0 Å². The maximum atomic E-state index is 13.3. The molecule has 2 saturated heterocycles. The van der Waals surface area contributed by atoms with E-state index in [2.05, 4.69) is 51.3 Å². The molecule has 10 heteroatoms. The fourth-order valence-electron chi connectivity index (χ4n) is 6.04. The second-order valence-electron chi connectivity index (χ2n) is 13.5. The monoisotopic (exact) mass is 564 g/mol. The Morgan fingerprint density at radius 3 is 2.52 bits per heavy atom. The van der Waals surface area contributed by atoms with Crippen molar-refractivity contribution in [3.63, 3.8) is 0 Å². The van der Waals surface area contributed by atoms with Gasteiger partial charge in [-0.15, -0.1) is 0 Å². The molecule has 0 saturated carbocycles. The quantitative estimate of drug-likeness (QED) is 0.250. The Kier molecular flexibility index (Phi) is 7.94. The van der Waals surface area contributed by atoms with Gasteiger partial charge in [-0.1, -0.05) is 19.6 Å². The summed E-state index contributed by atoms with van der Waals surface area (Å²) in [5.74, 6) is 0. The average molecular weight is 565 g/mol. The van der Waals surface area contributed by atoms with Gasteiger partial charge in [0, 0.05) is 70.2 Å². The maximum absolute atomic E-state index is 13.3. The Balaban J connectivity index is 1.49. The molecule has 2 aliphatic heterocycles. The van der Waals surface area contributed by atoms with E-state index in [4.69, 9.17) is 14.5 Å². The fourth-order valence-corrected chi connectivity index (χ4v) is 6.80. The van der Waals surface area contributed by atoms with E-state index in [1.54, 1.807) is 6.33 Å². The van der Waals surface area contributed by atoms with E-state index in [1.807, 2.05) is 44.3 Å². The number of hydrogen-bond donors (Lipinski definition) is 0. The smallest absolute Gasteiger partial charge is 0.410 e. The zero-order valence-electron chi connectivity index (χ0n) is 24.9. The topological polar surface area (TPSA) is 85.6 Å². The van der Waals surface area contributed by atoms with Crippen molar-refractivity contribution in [1.82, 2.24) is 24.4 Å². The molecular formula is C30H44N6O3Si. The molecule has 3 aromatic heterocycles.